The molecule has 0 amide bonds. The van der Waals surface area contributed by atoms with Gasteiger partial charge in [0.1, 0.15) is 0 Å². The van der Waals surface area contributed by atoms with Gasteiger partial charge >= 0.3 is 0 Å². The molecule has 2 rings (SSSR count). The molecular formula is C14H20N2O3. The number of aromatic carboxylic acids is 1. The van der Waals surface area contributed by atoms with E-state index in [4.69, 9.17) is 5.11 Å². The number of anilines is 1. The van der Waals surface area contributed by atoms with Crippen LogP contribution in [-0.4, -0.2) is 50.4 Å². The Morgan fingerprint density at radius 1 is 1.32 bits per heavy atom. The second-order valence-electron chi connectivity index (χ2n) is 4.87. The largest absolute Gasteiger partial charge is 0.545 e. The van der Waals surface area contributed by atoms with E-state index in [2.05, 4.69) is 4.90 Å². The molecule has 1 heterocycles. The quantitative estimate of drug-likeness (QED) is 0.654. The fourth-order valence-electron chi connectivity index (χ4n) is 2.56. The topological polar surface area (TPSA) is 68.0 Å². The number of quaternary nitrogens is 1. The molecule has 0 radical (unpaired) electrons. The molecule has 0 atom stereocenters. The maximum Gasteiger partial charge on any atom is 0.0949 e. The molecule has 104 valence electrons. The molecule has 5 nitrogen and oxygen atoms in total. The van der Waals surface area contributed by atoms with E-state index in [0.29, 0.717) is 0 Å². The summed E-state index contributed by atoms with van der Waals surface area (Å²) in [5, 5.41) is 19.9. The van der Waals surface area contributed by atoms with Crippen molar-refractivity contribution in [3.05, 3.63) is 29.8 Å². The highest BCUT2D eigenvalue weighted by atomic mass is 16.4. The van der Waals surface area contributed by atoms with Crippen LogP contribution in [0.15, 0.2) is 24.3 Å². The number of carboxylic acids is 1. The van der Waals surface area contributed by atoms with Gasteiger partial charge in [-0.05, 0) is 6.07 Å². The Morgan fingerprint density at radius 2 is 2.00 bits per heavy atom. The lowest BCUT2D eigenvalue weighted by atomic mass is 10.1. The number of hydrogen-bond acceptors (Lipinski definition) is 4. The lowest BCUT2D eigenvalue weighted by molar-refractivity contribution is -0.900. The fourth-order valence-corrected chi connectivity index (χ4v) is 2.56. The zero-order valence-electron chi connectivity index (χ0n) is 11.0. The summed E-state index contributed by atoms with van der Waals surface area (Å²) in [6.45, 7) is 4.84. The van der Waals surface area contributed by atoms with Gasteiger partial charge in [-0.3, -0.25) is 0 Å². The smallest absolute Gasteiger partial charge is 0.0949 e. The van der Waals surface area contributed by atoms with Crippen LogP contribution in [0.5, 0.6) is 0 Å². The third kappa shape index (κ3) is 3.45. The number of carboxylic acid groups (broad SMARTS) is 1. The molecule has 0 bridgehead atoms. The molecule has 0 aromatic heterocycles. The first-order chi connectivity index (χ1) is 9.22. The monoisotopic (exact) mass is 264 g/mol. The van der Waals surface area contributed by atoms with Crippen LogP contribution < -0.4 is 14.9 Å². The number of para-hydroxylation sites is 1. The molecule has 1 saturated heterocycles. The first-order valence-electron chi connectivity index (χ1n) is 6.72. The second-order valence-corrected chi connectivity index (χ2v) is 4.87. The predicted molar refractivity (Wildman–Crippen MR) is 70.3 cm³/mol. The van der Waals surface area contributed by atoms with Crippen molar-refractivity contribution in [3.63, 3.8) is 0 Å². The van der Waals surface area contributed by atoms with Crippen molar-refractivity contribution in [3.8, 4) is 0 Å². The zero-order valence-corrected chi connectivity index (χ0v) is 11.0. The van der Waals surface area contributed by atoms with Crippen molar-refractivity contribution in [1.82, 2.24) is 0 Å². The molecule has 19 heavy (non-hydrogen) atoms. The summed E-state index contributed by atoms with van der Waals surface area (Å²) in [5.41, 5.74) is 1.02. The Labute approximate surface area is 113 Å². The van der Waals surface area contributed by atoms with Crippen LogP contribution in [0.3, 0.4) is 0 Å². The number of rotatable bonds is 5. The fraction of sp³-hybridized carbons (Fsp3) is 0.500. The molecule has 1 aliphatic rings. The number of benzene rings is 1. The molecule has 5 heteroatoms. The molecule has 0 saturated carbocycles. The lowest BCUT2D eigenvalue weighted by Gasteiger charge is -2.34. The highest BCUT2D eigenvalue weighted by Gasteiger charge is 2.21. The van der Waals surface area contributed by atoms with E-state index in [0.717, 1.165) is 44.8 Å². The number of carbonyl (C=O) groups is 1. The van der Waals surface area contributed by atoms with E-state index in [1.54, 1.807) is 12.1 Å². The van der Waals surface area contributed by atoms with Crippen LogP contribution in [-0.2, 0) is 0 Å². The minimum Gasteiger partial charge on any atom is -0.545 e. The minimum atomic E-state index is -1.12. The third-order valence-electron chi connectivity index (χ3n) is 3.62. The summed E-state index contributed by atoms with van der Waals surface area (Å²) in [6, 6.07) is 7.00. The van der Waals surface area contributed by atoms with Gasteiger partial charge in [0.2, 0.25) is 0 Å². The number of aliphatic hydroxyl groups excluding tert-OH is 1. The van der Waals surface area contributed by atoms with Gasteiger partial charge in [0, 0.05) is 24.3 Å². The maximum atomic E-state index is 11.1. The number of carbonyl (C=O) groups excluding carboxylic acids is 1. The molecule has 2 N–H and O–H groups in total. The van der Waals surface area contributed by atoms with Gasteiger partial charge in [-0.15, -0.1) is 0 Å². The number of aliphatic hydroxyl groups is 1. The normalized spacial score (nSPS) is 16.6. The average Bonchev–Trinajstić information content (AvgIpc) is 2.45. The van der Waals surface area contributed by atoms with Crippen molar-refractivity contribution < 1.29 is 19.9 Å². The Morgan fingerprint density at radius 3 is 2.63 bits per heavy atom. The van der Waals surface area contributed by atoms with E-state index in [9.17, 15) is 9.90 Å². The first kappa shape index (κ1) is 13.8. The van der Waals surface area contributed by atoms with Gasteiger partial charge in [0.25, 0.3) is 0 Å². The van der Waals surface area contributed by atoms with Gasteiger partial charge < -0.3 is 24.8 Å². The van der Waals surface area contributed by atoms with Gasteiger partial charge in [-0.25, -0.2) is 0 Å². The van der Waals surface area contributed by atoms with Gasteiger partial charge in [-0.2, -0.15) is 0 Å². The van der Waals surface area contributed by atoms with E-state index in [1.165, 1.54) is 4.90 Å². The summed E-state index contributed by atoms with van der Waals surface area (Å²) in [4.78, 5) is 14.7. The molecule has 0 aliphatic carbocycles. The zero-order chi connectivity index (χ0) is 13.7. The molecule has 1 aliphatic heterocycles. The molecule has 1 aromatic carbocycles. The van der Waals surface area contributed by atoms with Crippen molar-refractivity contribution in [2.45, 2.75) is 6.42 Å². The van der Waals surface area contributed by atoms with Crippen molar-refractivity contribution in [1.29, 1.82) is 0 Å². The molecular weight excluding hydrogens is 244 g/mol. The number of nitrogens with zero attached hydrogens (tertiary/aromatic N) is 1. The lowest BCUT2D eigenvalue weighted by Crippen LogP contribution is -3.14. The van der Waals surface area contributed by atoms with E-state index >= 15 is 0 Å². The van der Waals surface area contributed by atoms with E-state index < -0.39 is 5.97 Å². The summed E-state index contributed by atoms with van der Waals surface area (Å²) in [7, 11) is 0. The second kappa shape index (κ2) is 6.54. The summed E-state index contributed by atoms with van der Waals surface area (Å²) < 4.78 is 0. The van der Waals surface area contributed by atoms with Crippen LogP contribution in [0.4, 0.5) is 5.69 Å². The van der Waals surface area contributed by atoms with Crippen molar-refractivity contribution >= 4 is 11.7 Å². The van der Waals surface area contributed by atoms with Crippen LogP contribution in [0.25, 0.3) is 0 Å². The number of nitrogens with one attached hydrogen (secondary N) is 1. The highest BCUT2D eigenvalue weighted by molar-refractivity contribution is 5.93. The third-order valence-corrected chi connectivity index (χ3v) is 3.62. The molecule has 0 spiro atoms. The minimum absolute atomic E-state index is 0.237. The predicted octanol–water partition coefficient (Wildman–Crippen LogP) is -1.86. The highest BCUT2D eigenvalue weighted by Crippen LogP contribution is 2.19. The molecule has 1 fully saturated rings. The van der Waals surface area contributed by atoms with Gasteiger partial charge in [0.15, 0.2) is 0 Å². The summed E-state index contributed by atoms with van der Waals surface area (Å²) in [5.74, 6) is -1.12. The average molecular weight is 264 g/mol. The standard InChI is InChI=1S/C14H20N2O3/c17-11-3-6-15-7-9-16(10-8-15)13-5-2-1-4-12(13)14(18)19/h1-2,4-5,17H,3,6-11H2,(H,18,19). The van der Waals surface area contributed by atoms with Gasteiger partial charge in [-0.1, -0.05) is 18.2 Å². The first-order valence-corrected chi connectivity index (χ1v) is 6.72. The van der Waals surface area contributed by atoms with Crippen LogP contribution in [0.1, 0.15) is 16.8 Å². The van der Waals surface area contributed by atoms with Crippen LogP contribution >= 0.6 is 0 Å². The Hall–Kier alpha value is -1.59. The number of piperazine rings is 1. The molecule has 0 unspecified atom stereocenters. The number of hydrogen-bond donors (Lipinski definition) is 2. The van der Waals surface area contributed by atoms with Crippen LogP contribution in [0, 0.1) is 0 Å². The van der Waals surface area contributed by atoms with Gasteiger partial charge in [0.05, 0.1) is 38.7 Å². The Bertz CT molecular complexity index is 428. The molecule has 1 aromatic rings. The van der Waals surface area contributed by atoms with Crippen LogP contribution in [0.2, 0.25) is 0 Å². The van der Waals surface area contributed by atoms with Crippen molar-refractivity contribution in [2.75, 3.05) is 44.2 Å². The van der Waals surface area contributed by atoms with E-state index in [-0.39, 0.29) is 12.2 Å². The summed E-state index contributed by atoms with van der Waals surface area (Å²) >= 11 is 0. The maximum absolute atomic E-state index is 11.1. The Balaban J connectivity index is 2.00. The SMILES string of the molecule is O=C([O-])c1ccccc1N1CC[NH+](CCCO)CC1. The van der Waals surface area contributed by atoms with Crippen molar-refractivity contribution in [2.24, 2.45) is 0 Å². The van der Waals surface area contributed by atoms with E-state index in [1.807, 2.05) is 12.1 Å². The summed E-state index contributed by atoms with van der Waals surface area (Å²) in [6.07, 6.45) is 0.824. The Kier molecular flexibility index (Phi) is 4.76.